The van der Waals surface area contributed by atoms with Gasteiger partial charge in [-0.1, -0.05) is 6.92 Å². The van der Waals surface area contributed by atoms with Crippen LogP contribution in [0.4, 0.5) is 0 Å². The fraction of sp³-hybridized carbons (Fsp3) is 0.750. The minimum Gasteiger partial charge on any atom is -0.480 e. The van der Waals surface area contributed by atoms with Gasteiger partial charge in [0, 0.05) is 5.75 Å². The summed E-state index contributed by atoms with van der Waals surface area (Å²) in [6.07, 6.45) is 0.783. The molecule has 0 fully saturated rings. The third kappa shape index (κ3) is 6.73. The fourth-order valence-corrected chi connectivity index (χ4v) is 1.36. The third-order valence-corrected chi connectivity index (χ3v) is 2.34. The topological polar surface area (TPSA) is 89.6 Å². The van der Waals surface area contributed by atoms with Crippen LogP contribution in [0.5, 0.6) is 0 Å². The molecule has 0 bridgehead atoms. The summed E-state index contributed by atoms with van der Waals surface area (Å²) in [4.78, 5) is 21.2. The maximum atomic E-state index is 10.9. The largest absolute Gasteiger partial charge is 0.480 e. The zero-order chi connectivity index (χ0) is 11.0. The Morgan fingerprint density at radius 1 is 1.57 bits per heavy atom. The molecule has 0 spiro atoms. The second-order valence-electron chi connectivity index (χ2n) is 2.68. The smallest absolute Gasteiger partial charge is 0.321 e. The number of thioether (sulfide) groups is 1. The predicted molar refractivity (Wildman–Crippen MR) is 54.2 cm³/mol. The van der Waals surface area contributed by atoms with Gasteiger partial charge in [-0.25, -0.2) is 0 Å². The number of ether oxygens (including phenoxy) is 1. The van der Waals surface area contributed by atoms with E-state index < -0.39 is 12.0 Å². The molecular weight excluding hydrogens is 206 g/mol. The Balaban J connectivity index is 3.44. The molecule has 1 unspecified atom stereocenters. The van der Waals surface area contributed by atoms with E-state index in [1.54, 1.807) is 0 Å². The molecule has 0 aliphatic heterocycles. The van der Waals surface area contributed by atoms with E-state index in [0.29, 0.717) is 6.61 Å². The molecule has 14 heavy (non-hydrogen) atoms. The number of nitrogens with two attached hydrogens (primary N) is 1. The van der Waals surface area contributed by atoms with Gasteiger partial charge in [0.25, 0.3) is 0 Å². The molecule has 5 nitrogen and oxygen atoms in total. The zero-order valence-corrected chi connectivity index (χ0v) is 8.88. The Bertz CT molecular complexity index is 198. The monoisotopic (exact) mass is 221 g/mol. The molecule has 0 aromatic carbocycles. The molecule has 0 saturated carbocycles. The summed E-state index contributed by atoms with van der Waals surface area (Å²) < 4.78 is 4.79. The van der Waals surface area contributed by atoms with Gasteiger partial charge in [-0.15, -0.1) is 11.8 Å². The van der Waals surface area contributed by atoms with Gasteiger partial charge in [0.2, 0.25) is 0 Å². The molecule has 0 aliphatic carbocycles. The van der Waals surface area contributed by atoms with E-state index in [-0.39, 0.29) is 17.5 Å². The van der Waals surface area contributed by atoms with Gasteiger partial charge in [-0.2, -0.15) is 0 Å². The average molecular weight is 221 g/mol. The minimum absolute atomic E-state index is 0.154. The first-order chi connectivity index (χ1) is 6.57. The Kier molecular flexibility index (Phi) is 7.23. The molecule has 0 aliphatic rings. The maximum absolute atomic E-state index is 10.9. The summed E-state index contributed by atoms with van der Waals surface area (Å²) in [5.74, 6) is -1.01. The second-order valence-corrected chi connectivity index (χ2v) is 3.71. The van der Waals surface area contributed by atoms with Crippen LogP contribution in [0.15, 0.2) is 0 Å². The van der Waals surface area contributed by atoms with Crippen LogP contribution in [-0.2, 0) is 14.3 Å². The van der Waals surface area contributed by atoms with E-state index >= 15 is 0 Å². The number of esters is 1. The van der Waals surface area contributed by atoms with E-state index in [4.69, 9.17) is 15.6 Å². The van der Waals surface area contributed by atoms with E-state index in [9.17, 15) is 9.59 Å². The standard InChI is InChI=1S/C8H15NO4S/c1-2-3-13-7(10)5-14-4-6(9)8(11)12/h6H,2-5,9H2,1H3,(H,11,12). The summed E-state index contributed by atoms with van der Waals surface area (Å²) in [6.45, 7) is 2.31. The van der Waals surface area contributed by atoms with Gasteiger partial charge in [0.1, 0.15) is 6.04 Å². The number of hydrogen-bond acceptors (Lipinski definition) is 5. The van der Waals surface area contributed by atoms with Gasteiger partial charge < -0.3 is 15.6 Å². The molecule has 0 rings (SSSR count). The lowest BCUT2D eigenvalue weighted by Crippen LogP contribution is -2.32. The van der Waals surface area contributed by atoms with Crippen molar-refractivity contribution in [3.63, 3.8) is 0 Å². The van der Waals surface area contributed by atoms with E-state index in [1.165, 1.54) is 11.8 Å². The van der Waals surface area contributed by atoms with E-state index in [2.05, 4.69) is 0 Å². The minimum atomic E-state index is -1.06. The lowest BCUT2D eigenvalue weighted by molar-refractivity contribution is -0.140. The van der Waals surface area contributed by atoms with Crippen molar-refractivity contribution in [3.8, 4) is 0 Å². The highest BCUT2D eigenvalue weighted by atomic mass is 32.2. The van der Waals surface area contributed by atoms with Crippen molar-refractivity contribution < 1.29 is 19.4 Å². The number of carbonyl (C=O) groups is 2. The molecule has 1 atom stereocenters. The number of carboxylic acids is 1. The number of aliphatic carboxylic acids is 1. The summed E-state index contributed by atoms with van der Waals surface area (Å²) in [5, 5.41) is 8.43. The molecule has 82 valence electrons. The first-order valence-corrected chi connectivity index (χ1v) is 5.45. The highest BCUT2D eigenvalue weighted by Gasteiger charge is 2.12. The lowest BCUT2D eigenvalue weighted by atomic mass is 10.4. The van der Waals surface area contributed by atoms with Crippen molar-refractivity contribution >= 4 is 23.7 Å². The Labute approximate surface area is 87.0 Å². The molecule has 0 aromatic rings. The Morgan fingerprint density at radius 3 is 2.71 bits per heavy atom. The van der Waals surface area contributed by atoms with Crippen LogP contribution in [0.1, 0.15) is 13.3 Å². The van der Waals surface area contributed by atoms with Gasteiger partial charge >= 0.3 is 11.9 Å². The molecule has 0 aromatic heterocycles. The van der Waals surface area contributed by atoms with Crippen molar-refractivity contribution in [2.24, 2.45) is 5.73 Å². The van der Waals surface area contributed by atoms with Crippen LogP contribution in [0.2, 0.25) is 0 Å². The number of carbonyl (C=O) groups excluding carboxylic acids is 1. The third-order valence-electron chi connectivity index (χ3n) is 1.30. The van der Waals surface area contributed by atoms with Gasteiger partial charge in [-0.3, -0.25) is 9.59 Å². The highest BCUT2D eigenvalue weighted by molar-refractivity contribution is 8.00. The van der Waals surface area contributed by atoms with Crippen LogP contribution in [-0.4, -0.2) is 41.2 Å². The number of rotatable bonds is 7. The highest BCUT2D eigenvalue weighted by Crippen LogP contribution is 2.02. The van der Waals surface area contributed by atoms with E-state index in [1.807, 2.05) is 6.92 Å². The molecule has 0 saturated heterocycles. The molecule has 0 amide bonds. The molecule has 0 heterocycles. The van der Waals surface area contributed by atoms with Gasteiger partial charge in [0.05, 0.1) is 12.4 Å². The summed E-state index contributed by atoms with van der Waals surface area (Å²) >= 11 is 1.17. The number of carboxylic acid groups (broad SMARTS) is 1. The molecular formula is C8H15NO4S. The first-order valence-electron chi connectivity index (χ1n) is 4.29. The summed E-state index contributed by atoms with van der Waals surface area (Å²) in [5.41, 5.74) is 5.23. The van der Waals surface area contributed by atoms with Crippen molar-refractivity contribution in [1.82, 2.24) is 0 Å². The van der Waals surface area contributed by atoms with Crippen molar-refractivity contribution in [2.45, 2.75) is 19.4 Å². The van der Waals surface area contributed by atoms with Crippen LogP contribution in [0, 0.1) is 0 Å². The van der Waals surface area contributed by atoms with Crippen molar-refractivity contribution in [2.75, 3.05) is 18.1 Å². The Morgan fingerprint density at radius 2 is 2.21 bits per heavy atom. The van der Waals surface area contributed by atoms with E-state index in [0.717, 1.165) is 6.42 Å². The SMILES string of the molecule is CCCOC(=O)CSCC(N)C(=O)O. The van der Waals surface area contributed by atoms with Crippen molar-refractivity contribution in [3.05, 3.63) is 0 Å². The summed E-state index contributed by atoms with van der Waals surface area (Å²) in [6, 6.07) is -0.918. The van der Waals surface area contributed by atoms with Crippen LogP contribution >= 0.6 is 11.8 Å². The Hall–Kier alpha value is -0.750. The normalized spacial score (nSPS) is 12.1. The fourth-order valence-electron chi connectivity index (χ4n) is 0.598. The van der Waals surface area contributed by atoms with Crippen molar-refractivity contribution in [1.29, 1.82) is 0 Å². The number of hydrogen-bond donors (Lipinski definition) is 2. The first kappa shape index (κ1) is 13.2. The molecule has 6 heteroatoms. The van der Waals surface area contributed by atoms with Gasteiger partial charge in [0.15, 0.2) is 0 Å². The van der Waals surface area contributed by atoms with Crippen LogP contribution in [0.3, 0.4) is 0 Å². The maximum Gasteiger partial charge on any atom is 0.321 e. The lowest BCUT2D eigenvalue weighted by Gasteiger charge is -2.05. The van der Waals surface area contributed by atoms with Crippen LogP contribution in [0.25, 0.3) is 0 Å². The quantitative estimate of drug-likeness (QED) is 0.592. The zero-order valence-electron chi connectivity index (χ0n) is 8.06. The second kappa shape index (κ2) is 7.64. The van der Waals surface area contributed by atoms with Crippen LogP contribution < -0.4 is 5.73 Å². The molecule has 3 N–H and O–H groups in total. The average Bonchev–Trinajstić information content (AvgIpc) is 2.14. The van der Waals surface area contributed by atoms with Gasteiger partial charge in [-0.05, 0) is 6.42 Å². The summed E-state index contributed by atoms with van der Waals surface area (Å²) in [7, 11) is 0. The molecule has 0 radical (unpaired) electrons. The predicted octanol–water partition coefficient (Wildman–Crippen LogP) is 0.0847.